The summed E-state index contributed by atoms with van der Waals surface area (Å²) in [5.41, 5.74) is -6.89. The van der Waals surface area contributed by atoms with E-state index in [0.29, 0.717) is 5.69 Å². The van der Waals surface area contributed by atoms with Crippen molar-refractivity contribution in [2.75, 3.05) is 5.32 Å². The molecule has 0 aromatic carbocycles. The summed E-state index contributed by atoms with van der Waals surface area (Å²) in [6.45, 7) is 0.462. The maximum Gasteiger partial charge on any atom is 0.425 e. The number of aromatic nitrogens is 3. The molecule has 1 unspecified atom stereocenters. The first-order valence-corrected chi connectivity index (χ1v) is 7.52. The molecular weight excluding hydrogens is 371 g/mol. The Bertz CT molecular complexity index is 1040. The minimum Gasteiger partial charge on any atom is -0.331 e. The van der Waals surface area contributed by atoms with E-state index in [9.17, 15) is 32.3 Å². The highest BCUT2D eigenvalue weighted by atomic mass is 19.4. The van der Waals surface area contributed by atoms with Gasteiger partial charge in [0.2, 0.25) is 11.4 Å². The summed E-state index contributed by atoms with van der Waals surface area (Å²) in [6.07, 6.45) is -3.93. The van der Waals surface area contributed by atoms with Crippen molar-refractivity contribution in [2.45, 2.75) is 25.2 Å². The second-order valence-corrected chi connectivity index (χ2v) is 5.77. The number of H-pyrrole nitrogens is 1. The highest BCUT2D eigenvalue weighted by Gasteiger charge is 2.68. The molecule has 12 heteroatoms. The van der Waals surface area contributed by atoms with Crippen LogP contribution in [0.4, 0.5) is 19.0 Å². The van der Waals surface area contributed by atoms with Crippen molar-refractivity contribution in [1.29, 1.82) is 0 Å². The molecule has 0 spiro atoms. The third-order valence-corrected chi connectivity index (χ3v) is 3.98. The summed E-state index contributed by atoms with van der Waals surface area (Å²) in [6, 6.07) is 4.69. The van der Waals surface area contributed by atoms with E-state index in [1.807, 2.05) is 5.32 Å². The summed E-state index contributed by atoms with van der Waals surface area (Å²) in [7, 11) is 0. The van der Waals surface area contributed by atoms with Crippen LogP contribution in [0.25, 0.3) is 0 Å². The predicted molar refractivity (Wildman–Crippen MR) is 84.8 cm³/mol. The van der Waals surface area contributed by atoms with Crippen LogP contribution in [0.15, 0.2) is 34.0 Å². The summed E-state index contributed by atoms with van der Waals surface area (Å²) < 4.78 is 42.2. The number of amides is 2. The SMILES string of the molecule is CC(=O)NC1(C(F)(F)F)C(=O)Nc2c1c(=O)[nH]c(=O)n2Cc1ccccn1. The summed E-state index contributed by atoms with van der Waals surface area (Å²) in [5.74, 6) is -3.52. The fourth-order valence-electron chi connectivity index (χ4n) is 2.89. The van der Waals surface area contributed by atoms with Gasteiger partial charge in [0.15, 0.2) is 0 Å². The predicted octanol–water partition coefficient (Wildman–Crippen LogP) is -0.174. The van der Waals surface area contributed by atoms with E-state index in [0.717, 1.165) is 11.5 Å². The lowest BCUT2D eigenvalue weighted by Crippen LogP contribution is -2.61. The first kappa shape index (κ1) is 18.4. The Balaban J connectivity index is 2.30. The normalized spacial score (nSPS) is 18.7. The van der Waals surface area contributed by atoms with Crippen molar-refractivity contribution in [1.82, 2.24) is 19.9 Å². The van der Waals surface area contributed by atoms with Gasteiger partial charge < -0.3 is 10.6 Å². The molecule has 1 atom stereocenters. The zero-order chi connectivity index (χ0) is 20.0. The van der Waals surface area contributed by atoms with Crippen molar-refractivity contribution >= 4 is 17.6 Å². The molecule has 0 radical (unpaired) electrons. The number of carbonyl (C=O) groups is 2. The highest BCUT2D eigenvalue weighted by molar-refractivity contribution is 6.07. The van der Waals surface area contributed by atoms with Gasteiger partial charge in [-0.2, -0.15) is 13.2 Å². The molecule has 2 aromatic heterocycles. The van der Waals surface area contributed by atoms with Crippen molar-refractivity contribution in [3.63, 3.8) is 0 Å². The van der Waals surface area contributed by atoms with Gasteiger partial charge in [0.1, 0.15) is 11.4 Å². The third kappa shape index (κ3) is 2.78. The van der Waals surface area contributed by atoms with Gasteiger partial charge in [0, 0.05) is 13.1 Å². The summed E-state index contributed by atoms with van der Waals surface area (Å²) in [4.78, 5) is 53.7. The molecule has 0 saturated carbocycles. The average Bonchev–Trinajstić information content (AvgIpc) is 2.85. The number of nitrogens with zero attached hydrogens (tertiary/aromatic N) is 2. The smallest absolute Gasteiger partial charge is 0.331 e. The lowest BCUT2D eigenvalue weighted by molar-refractivity contribution is -0.200. The Morgan fingerprint density at radius 3 is 2.56 bits per heavy atom. The van der Waals surface area contributed by atoms with Crippen LogP contribution in [-0.2, 0) is 21.7 Å². The first-order valence-electron chi connectivity index (χ1n) is 7.52. The van der Waals surface area contributed by atoms with Gasteiger partial charge in [-0.25, -0.2) is 4.79 Å². The quantitative estimate of drug-likeness (QED) is 0.678. The molecule has 3 rings (SSSR count). The zero-order valence-electron chi connectivity index (χ0n) is 13.7. The van der Waals surface area contributed by atoms with Crippen LogP contribution in [0.2, 0.25) is 0 Å². The van der Waals surface area contributed by atoms with Gasteiger partial charge >= 0.3 is 11.9 Å². The number of carbonyl (C=O) groups excluding carboxylic acids is 2. The largest absolute Gasteiger partial charge is 0.425 e. The number of hydrogen-bond donors (Lipinski definition) is 3. The maximum absolute atomic E-state index is 13.8. The van der Waals surface area contributed by atoms with E-state index in [-0.39, 0.29) is 6.54 Å². The van der Waals surface area contributed by atoms with Gasteiger partial charge in [0.05, 0.1) is 12.2 Å². The molecule has 3 heterocycles. The molecule has 2 amide bonds. The number of hydrogen-bond acceptors (Lipinski definition) is 5. The number of rotatable bonds is 3. The highest BCUT2D eigenvalue weighted by Crippen LogP contribution is 2.44. The lowest BCUT2D eigenvalue weighted by Gasteiger charge is -2.29. The van der Waals surface area contributed by atoms with E-state index in [1.54, 1.807) is 17.1 Å². The van der Waals surface area contributed by atoms with Crippen molar-refractivity contribution < 1.29 is 22.8 Å². The average molecular weight is 383 g/mol. The Hall–Kier alpha value is -3.44. The molecule has 27 heavy (non-hydrogen) atoms. The fraction of sp³-hybridized carbons (Fsp3) is 0.267. The van der Waals surface area contributed by atoms with Crippen LogP contribution in [0.5, 0.6) is 0 Å². The van der Waals surface area contributed by atoms with Crippen molar-refractivity contribution in [2.24, 2.45) is 0 Å². The van der Waals surface area contributed by atoms with Crippen LogP contribution in [0, 0.1) is 0 Å². The monoisotopic (exact) mass is 383 g/mol. The van der Waals surface area contributed by atoms with E-state index in [1.165, 1.54) is 17.6 Å². The minimum absolute atomic E-state index is 0.298. The summed E-state index contributed by atoms with van der Waals surface area (Å²) in [5, 5.41) is 3.44. The van der Waals surface area contributed by atoms with Crippen molar-refractivity contribution in [3.8, 4) is 0 Å². The first-order chi connectivity index (χ1) is 12.6. The minimum atomic E-state index is -5.34. The molecular formula is C15H12F3N5O4. The Morgan fingerprint density at radius 2 is 2.00 bits per heavy atom. The lowest BCUT2D eigenvalue weighted by atomic mass is 9.92. The van der Waals surface area contributed by atoms with Gasteiger partial charge in [-0.1, -0.05) is 6.07 Å². The second-order valence-electron chi connectivity index (χ2n) is 5.77. The summed E-state index contributed by atoms with van der Waals surface area (Å²) >= 11 is 0. The van der Waals surface area contributed by atoms with E-state index in [2.05, 4.69) is 4.98 Å². The molecule has 0 aliphatic carbocycles. The number of fused-ring (bicyclic) bond motifs is 1. The molecule has 9 nitrogen and oxygen atoms in total. The molecule has 0 fully saturated rings. The standard InChI is InChI=1S/C15H12F3N5O4/c1-7(24)22-14(15(16,17)18)9-10(20-12(14)26)23(13(27)21-11(9)25)6-8-4-2-3-5-19-8/h2-5H,6H2,1H3,(H,20,26)(H,22,24)(H,21,25,27). The number of halogens is 3. The maximum atomic E-state index is 13.8. The topological polar surface area (TPSA) is 126 Å². The third-order valence-electron chi connectivity index (χ3n) is 3.98. The van der Waals surface area contributed by atoms with Gasteiger partial charge in [-0.3, -0.25) is 28.9 Å². The van der Waals surface area contributed by atoms with Crippen LogP contribution in [0.3, 0.4) is 0 Å². The molecule has 1 aliphatic rings. The number of aromatic amines is 1. The van der Waals surface area contributed by atoms with Crippen LogP contribution in [-0.4, -0.2) is 32.5 Å². The molecule has 2 aromatic rings. The Morgan fingerprint density at radius 1 is 1.30 bits per heavy atom. The molecule has 1 aliphatic heterocycles. The molecule has 0 bridgehead atoms. The van der Waals surface area contributed by atoms with Crippen molar-refractivity contribution in [3.05, 3.63) is 56.5 Å². The van der Waals surface area contributed by atoms with Gasteiger partial charge in [0.25, 0.3) is 11.5 Å². The molecule has 3 N–H and O–H groups in total. The number of anilines is 1. The molecule has 142 valence electrons. The fourth-order valence-corrected chi connectivity index (χ4v) is 2.89. The van der Waals surface area contributed by atoms with E-state index >= 15 is 0 Å². The number of alkyl halides is 3. The number of pyridine rings is 1. The Kier molecular flexibility index (Phi) is 4.13. The van der Waals surface area contributed by atoms with Crippen LogP contribution < -0.4 is 21.9 Å². The molecule has 0 saturated heterocycles. The van der Waals surface area contributed by atoms with E-state index < -0.39 is 46.2 Å². The van der Waals surface area contributed by atoms with Crippen LogP contribution >= 0.6 is 0 Å². The van der Waals surface area contributed by atoms with E-state index in [4.69, 9.17) is 0 Å². The Labute approximate surface area is 148 Å². The van der Waals surface area contributed by atoms with Gasteiger partial charge in [-0.15, -0.1) is 0 Å². The van der Waals surface area contributed by atoms with Gasteiger partial charge in [-0.05, 0) is 12.1 Å². The van der Waals surface area contributed by atoms with Crippen LogP contribution in [0.1, 0.15) is 18.2 Å². The zero-order valence-corrected chi connectivity index (χ0v) is 13.7. The number of nitrogens with one attached hydrogen (secondary N) is 3. The second kappa shape index (κ2) is 6.07.